The summed E-state index contributed by atoms with van der Waals surface area (Å²) in [6.45, 7) is 41.5. The molecule has 0 spiro atoms. The molecule has 0 aliphatic heterocycles. The van der Waals surface area contributed by atoms with Crippen LogP contribution >= 0.6 is 11.3 Å². The summed E-state index contributed by atoms with van der Waals surface area (Å²) >= 11 is 1.81. The standard InChI is InChI=1S/C73H76N4S/c1-68(2,3)42-23-29-56-49(35-42)50-36-43(69(4,5)6)24-30-57(50)75(56)64-55(41-74)65(76-58-31-25-44(70(7,8)9)37-51(58)52-38-45(71(10,11)12)26-32-59(52)76)67-63(48-21-19-20-22-62(48)78-67)66(64)77-60-33-27-46(72(13,14)15)39-53(60)54-40-47(73(16,17)18)28-34-61(54)77/h19-40H,1-18H3. The first kappa shape index (κ1) is 51.6. The van der Waals surface area contributed by atoms with Crippen LogP contribution in [0.3, 0.4) is 0 Å². The van der Waals surface area contributed by atoms with Gasteiger partial charge in [-0.1, -0.05) is 179 Å². The summed E-state index contributed by atoms with van der Waals surface area (Å²) in [6, 6.07) is 54.6. The Balaban J connectivity index is 1.39. The van der Waals surface area contributed by atoms with Crippen molar-refractivity contribution in [2.24, 2.45) is 0 Å². The maximum absolute atomic E-state index is 12.7. The van der Waals surface area contributed by atoms with Crippen LogP contribution in [0, 0.1) is 11.3 Å². The third-order valence-corrected chi connectivity index (χ3v) is 18.2. The zero-order valence-corrected chi connectivity index (χ0v) is 50.2. The quantitative estimate of drug-likeness (QED) is 0.174. The van der Waals surface area contributed by atoms with E-state index in [1.807, 2.05) is 11.3 Å². The van der Waals surface area contributed by atoms with Gasteiger partial charge < -0.3 is 13.7 Å². The highest BCUT2D eigenvalue weighted by Gasteiger charge is 2.34. The first-order valence-corrected chi connectivity index (χ1v) is 29.0. The van der Waals surface area contributed by atoms with Crippen molar-refractivity contribution >= 4 is 96.9 Å². The number of hydrogen-bond acceptors (Lipinski definition) is 2. The summed E-state index contributed by atoms with van der Waals surface area (Å²) in [5, 5.41) is 22.2. The van der Waals surface area contributed by atoms with E-state index in [0.29, 0.717) is 5.56 Å². The van der Waals surface area contributed by atoms with Crippen LogP contribution in [-0.4, -0.2) is 13.7 Å². The van der Waals surface area contributed by atoms with E-state index in [1.54, 1.807) is 0 Å². The fraction of sp³-hybridized carbons (Fsp3) is 0.329. The molecular weight excluding hydrogens is 965 g/mol. The molecule has 4 nitrogen and oxygen atoms in total. The van der Waals surface area contributed by atoms with E-state index in [2.05, 4.69) is 278 Å². The molecule has 4 heterocycles. The van der Waals surface area contributed by atoms with E-state index in [0.717, 1.165) is 60.2 Å². The lowest BCUT2D eigenvalue weighted by Gasteiger charge is -2.24. The van der Waals surface area contributed by atoms with Gasteiger partial charge in [0.25, 0.3) is 0 Å². The second kappa shape index (κ2) is 16.9. The molecule has 4 aromatic heterocycles. The third-order valence-electron chi connectivity index (χ3n) is 17.0. The molecule has 5 heteroatoms. The average molecular weight is 1040 g/mol. The smallest absolute Gasteiger partial charge is 0.104 e. The number of aromatic nitrogens is 3. The second-order valence-corrected chi connectivity index (χ2v) is 29.8. The lowest BCUT2D eigenvalue weighted by Crippen LogP contribution is -2.13. The van der Waals surface area contributed by atoms with Gasteiger partial charge in [0.2, 0.25) is 0 Å². The van der Waals surface area contributed by atoms with Crippen LogP contribution in [0.25, 0.3) is 103 Å². The van der Waals surface area contributed by atoms with Crippen LogP contribution in [0.15, 0.2) is 133 Å². The molecule has 0 amide bonds. The van der Waals surface area contributed by atoms with Crippen molar-refractivity contribution in [2.45, 2.75) is 157 Å². The molecule has 0 radical (unpaired) electrons. The summed E-state index contributed by atoms with van der Waals surface area (Å²) in [4.78, 5) is 0. The van der Waals surface area contributed by atoms with Gasteiger partial charge in [-0.25, -0.2) is 0 Å². The van der Waals surface area contributed by atoms with Gasteiger partial charge in [0.05, 0.1) is 54.9 Å². The van der Waals surface area contributed by atoms with E-state index < -0.39 is 0 Å². The lowest BCUT2D eigenvalue weighted by atomic mass is 9.85. The maximum Gasteiger partial charge on any atom is 0.104 e. The largest absolute Gasteiger partial charge is 0.306 e. The number of benzene rings is 8. The molecule has 78 heavy (non-hydrogen) atoms. The summed E-state index contributed by atoms with van der Waals surface area (Å²) in [7, 11) is 0. The molecule has 0 N–H and O–H groups in total. The Morgan fingerprint density at radius 2 is 0.590 bits per heavy atom. The minimum Gasteiger partial charge on any atom is -0.306 e. The van der Waals surface area contributed by atoms with Crippen molar-refractivity contribution in [1.82, 2.24) is 13.7 Å². The van der Waals surface area contributed by atoms with Crippen molar-refractivity contribution in [3.8, 4) is 23.1 Å². The van der Waals surface area contributed by atoms with Gasteiger partial charge >= 0.3 is 0 Å². The topological polar surface area (TPSA) is 38.6 Å². The fourth-order valence-electron chi connectivity index (χ4n) is 12.3. The highest BCUT2D eigenvalue weighted by atomic mass is 32.1. The monoisotopic (exact) mass is 1040 g/mol. The Morgan fingerprint density at radius 1 is 0.321 bits per heavy atom. The highest BCUT2D eigenvalue weighted by molar-refractivity contribution is 7.26. The number of nitriles is 1. The van der Waals surface area contributed by atoms with Crippen molar-refractivity contribution in [3.05, 3.63) is 172 Å². The van der Waals surface area contributed by atoms with E-state index in [1.165, 1.54) is 75.8 Å². The van der Waals surface area contributed by atoms with Crippen LogP contribution in [0.4, 0.5) is 0 Å². The van der Waals surface area contributed by atoms with E-state index >= 15 is 0 Å². The summed E-state index contributed by atoms with van der Waals surface area (Å²) in [6.07, 6.45) is 0. The second-order valence-electron chi connectivity index (χ2n) is 28.7. The predicted molar refractivity (Wildman–Crippen MR) is 339 cm³/mol. The Hall–Kier alpha value is -7.13. The minimum absolute atomic E-state index is 0.0739. The van der Waals surface area contributed by atoms with E-state index in [-0.39, 0.29) is 32.5 Å². The highest BCUT2D eigenvalue weighted by Crippen LogP contribution is 2.52. The fourth-order valence-corrected chi connectivity index (χ4v) is 13.5. The lowest BCUT2D eigenvalue weighted by molar-refractivity contribution is 0.590. The van der Waals surface area contributed by atoms with Crippen molar-refractivity contribution < 1.29 is 0 Å². The van der Waals surface area contributed by atoms with E-state index in [9.17, 15) is 5.26 Å². The van der Waals surface area contributed by atoms with E-state index in [4.69, 9.17) is 0 Å². The third kappa shape index (κ3) is 7.94. The molecule has 0 aliphatic rings. The molecule has 0 saturated carbocycles. The maximum atomic E-state index is 12.7. The molecular formula is C73H76N4S. The van der Waals surface area contributed by atoms with Crippen LogP contribution < -0.4 is 0 Å². The molecule has 12 rings (SSSR count). The zero-order valence-electron chi connectivity index (χ0n) is 49.4. The Labute approximate surface area is 465 Å². The molecule has 0 aliphatic carbocycles. The molecule has 0 saturated heterocycles. The number of hydrogen-bond donors (Lipinski definition) is 0. The zero-order chi connectivity index (χ0) is 55.7. The van der Waals surface area contributed by atoms with Gasteiger partial charge in [-0.2, -0.15) is 5.26 Å². The van der Waals surface area contributed by atoms with Gasteiger partial charge in [-0.3, -0.25) is 0 Å². The molecule has 394 valence electrons. The molecule has 8 aromatic carbocycles. The normalized spacial score (nSPS) is 13.5. The first-order chi connectivity index (χ1) is 36.4. The Bertz CT molecular complexity index is 4330. The number of fused-ring (bicyclic) bond motifs is 12. The van der Waals surface area contributed by atoms with Crippen molar-refractivity contribution in [2.75, 3.05) is 0 Å². The van der Waals surface area contributed by atoms with Crippen molar-refractivity contribution in [3.63, 3.8) is 0 Å². The summed E-state index contributed by atoms with van der Waals surface area (Å²) in [5.74, 6) is 0. The first-order valence-electron chi connectivity index (χ1n) is 28.1. The number of nitrogens with zero attached hydrogens (tertiary/aromatic N) is 4. The molecule has 12 aromatic rings. The molecule has 0 unspecified atom stereocenters. The summed E-state index contributed by atoms with van der Waals surface area (Å²) in [5.41, 5.74) is 17.2. The SMILES string of the molecule is CC(C)(C)c1ccc2c(c1)c1cc(C(C)(C)C)ccc1n2-c1c(C#N)c(-n2c3ccc(C(C)(C)C)cc3c3cc(C(C)(C)C)ccc32)c2sc3ccccc3c2c1-n1c2ccc(C(C)(C)C)cc2c2cc(C(C)(C)C)ccc21. The van der Waals surface area contributed by atoms with Gasteiger partial charge in [0.15, 0.2) is 0 Å². The Morgan fingerprint density at radius 3 is 0.872 bits per heavy atom. The average Bonchev–Trinajstić information content (AvgIpc) is 4.02. The summed E-state index contributed by atoms with van der Waals surface area (Å²) < 4.78 is 9.77. The van der Waals surface area contributed by atoms with Crippen molar-refractivity contribution in [1.29, 1.82) is 5.26 Å². The van der Waals surface area contributed by atoms with Gasteiger partial charge in [-0.15, -0.1) is 11.3 Å². The van der Waals surface area contributed by atoms with Gasteiger partial charge in [0, 0.05) is 47.8 Å². The minimum atomic E-state index is -0.0913. The van der Waals surface area contributed by atoms with Crippen LogP contribution in [-0.2, 0) is 32.5 Å². The van der Waals surface area contributed by atoms with Crippen LogP contribution in [0.2, 0.25) is 0 Å². The van der Waals surface area contributed by atoms with Gasteiger partial charge in [-0.05, 0) is 145 Å². The Kier molecular flexibility index (Phi) is 11.2. The molecule has 0 fully saturated rings. The molecule has 0 atom stereocenters. The predicted octanol–water partition coefficient (Wildman–Crippen LogP) is 21.0. The molecule has 0 bridgehead atoms. The van der Waals surface area contributed by atoms with Crippen LogP contribution in [0.1, 0.15) is 164 Å². The number of rotatable bonds is 3. The van der Waals surface area contributed by atoms with Crippen LogP contribution in [0.5, 0.6) is 0 Å². The van der Waals surface area contributed by atoms with Gasteiger partial charge in [0.1, 0.15) is 11.6 Å². The number of thiophene rings is 1.